The van der Waals surface area contributed by atoms with E-state index < -0.39 is 5.60 Å². The average Bonchev–Trinajstić information content (AvgIpc) is 2.28. The summed E-state index contributed by atoms with van der Waals surface area (Å²) in [6, 6.07) is 0. The van der Waals surface area contributed by atoms with E-state index in [1.807, 2.05) is 6.92 Å². The second-order valence-corrected chi connectivity index (χ2v) is 4.79. The molecule has 0 aromatic rings. The summed E-state index contributed by atoms with van der Waals surface area (Å²) in [7, 11) is 1.53. The van der Waals surface area contributed by atoms with Crippen LogP contribution in [0.3, 0.4) is 0 Å². The molecular formula is C12H21NO3. The van der Waals surface area contributed by atoms with Gasteiger partial charge < -0.3 is 9.64 Å². The zero-order chi connectivity index (χ0) is 12.3. The first-order chi connectivity index (χ1) is 7.42. The van der Waals surface area contributed by atoms with Crippen molar-refractivity contribution in [2.45, 2.75) is 39.2 Å². The zero-order valence-corrected chi connectivity index (χ0v) is 10.6. The van der Waals surface area contributed by atoms with Crippen molar-refractivity contribution in [3.63, 3.8) is 0 Å². The molecule has 0 radical (unpaired) electrons. The monoisotopic (exact) mass is 227 g/mol. The second kappa shape index (κ2) is 4.95. The number of ketones is 1. The van der Waals surface area contributed by atoms with Crippen LogP contribution in [0.5, 0.6) is 0 Å². The third kappa shape index (κ3) is 2.61. The molecule has 1 heterocycles. The molecule has 1 amide bonds. The molecule has 1 aliphatic heterocycles. The summed E-state index contributed by atoms with van der Waals surface area (Å²) in [5.74, 6) is 0.257. The highest BCUT2D eigenvalue weighted by molar-refractivity contribution is 5.88. The predicted octanol–water partition coefficient (Wildman–Crippen LogP) is 1.24. The van der Waals surface area contributed by atoms with Gasteiger partial charge in [-0.05, 0) is 20.3 Å². The average molecular weight is 227 g/mol. The Morgan fingerprint density at radius 2 is 2.19 bits per heavy atom. The first-order valence-corrected chi connectivity index (χ1v) is 5.79. The quantitative estimate of drug-likeness (QED) is 0.728. The highest BCUT2D eigenvalue weighted by Gasteiger charge is 2.36. The molecule has 1 rings (SSSR count). The lowest BCUT2D eigenvalue weighted by atomic mass is 9.93. The van der Waals surface area contributed by atoms with E-state index in [2.05, 4.69) is 0 Å². The molecule has 0 N–H and O–H groups in total. The Morgan fingerprint density at radius 1 is 1.56 bits per heavy atom. The molecular weight excluding hydrogens is 206 g/mol. The molecule has 1 unspecified atom stereocenters. The molecule has 0 aromatic heterocycles. The molecule has 0 saturated carbocycles. The van der Waals surface area contributed by atoms with E-state index in [0.29, 0.717) is 19.5 Å². The predicted molar refractivity (Wildman–Crippen MR) is 61.1 cm³/mol. The van der Waals surface area contributed by atoms with E-state index in [-0.39, 0.29) is 17.6 Å². The topological polar surface area (TPSA) is 46.6 Å². The van der Waals surface area contributed by atoms with Gasteiger partial charge in [0.15, 0.2) is 0 Å². The van der Waals surface area contributed by atoms with E-state index in [1.54, 1.807) is 18.7 Å². The van der Waals surface area contributed by atoms with Crippen molar-refractivity contribution in [2.24, 2.45) is 5.92 Å². The molecule has 1 fully saturated rings. The van der Waals surface area contributed by atoms with E-state index >= 15 is 0 Å². The smallest absolute Gasteiger partial charge is 0.254 e. The van der Waals surface area contributed by atoms with Gasteiger partial charge in [0, 0.05) is 32.5 Å². The largest absolute Gasteiger partial charge is 0.369 e. The van der Waals surface area contributed by atoms with Gasteiger partial charge >= 0.3 is 0 Å². The van der Waals surface area contributed by atoms with E-state index in [4.69, 9.17) is 4.74 Å². The Hall–Kier alpha value is -0.900. The molecule has 1 atom stereocenters. The molecule has 92 valence electrons. The number of hydrogen-bond donors (Lipinski definition) is 0. The maximum atomic E-state index is 12.1. The summed E-state index contributed by atoms with van der Waals surface area (Å²) in [4.78, 5) is 25.4. The van der Waals surface area contributed by atoms with Crippen LogP contribution in [0.4, 0.5) is 0 Å². The lowest BCUT2D eigenvalue weighted by Crippen LogP contribution is -2.51. The van der Waals surface area contributed by atoms with Gasteiger partial charge in [0.2, 0.25) is 0 Å². The van der Waals surface area contributed by atoms with E-state index in [9.17, 15) is 9.59 Å². The zero-order valence-electron chi connectivity index (χ0n) is 10.6. The van der Waals surface area contributed by atoms with Gasteiger partial charge in [0.25, 0.3) is 5.91 Å². The Labute approximate surface area is 96.9 Å². The third-order valence-electron chi connectivity index (χ3n) is 3.33. The fourth-order valence-corrected chi connectivity index (χ4v) is 1.92. The number of likely N-dealkylation sites (tertiary alicyclic amines) is 1. The van der Waals surface area contributed by atoms with Gasteiger partial charge in [0.05, 0.1) is 0 Å². The first kappa shape index (κ1) is 13.2. The van der Waals surface area contributed by atoms with Crippen molar-refractivity contribution >= 4 is 11.7 Å². The number of amides is 1. The minimum Gasteiger partial charge on any atom is -0.369 e. The Morgan fingerprint density at radius 3 is 2.69 bits per heavy atom. The fraction of sp³-hybridized carbons (Fsp3) is 0.833. The lowest BCUT2D eigenvalue weighted by molar-refractivity contribution is -0.154. The van der Waals surface area contributed by atoms with Crippen LogP contribution in [0.15, 0.2) is 0 Å². The van der Waals surface area contributed by atoms with Crippen LogP contribution in [0.1, 0.15) is 33.6 Å². The highest BCUT2D eigenvalue weighted by atomic mass is 16.5. The van der Waals surface area contributed by atoms with Crippen molar-refractivity contribution in [3.05, 3.63) is 0 Å². The molecule has 1 aliphatic rings. The molecule has 1 saturated heterocycles. The minimum absolute atomic E-state index is 0.00496. The van der Waals surface area contributed by atoms with Gasteiger partial charge in [0.1, 0.15) is 11.4 Å². The van der Waals surface area contributed by atoms with Crippen LogP contribution < -0.4 is 0 Å². The summed E-state index contributed by atoms with van der Waals surface area (Å²) < 4.78 is 5.17. The van der Waals surface area contributed by atoms with Gasteiger partial charge in [-0.15, -0.1) is 0 Å². The SMILES string of the molecule is CCC1CN(C(=O)C(C)(C)OC)CCC1=O. The van der Waals surface area contributed by atoms with Crippen molar-refractivity contribution in [2.75, 3.05) is 20.2 Å². The van der Waals surface area contributed by atoms with Gasteiger partial charge in [-0.1, -0.05) is 6.92 Å². The standard InChI is InChI=1S/C12H21NO3/c1-5-9-8-13(7-6-10(9)14)11(15)12(2,3)16-4/h9H,5-8H2,1-4H3. The third-order valence-corrected chi connectivity index (χ3v) is 3.33. The van der Waals surface area contributed by atoms with Crippen LogP contribution in [0, 0.1) is 5.92 Å². The number of carbonyl (C=O) groups is 2. The number of methoxy groups -OCH3 is 1. The number of carbonyl (C=O) groups excluding carboxylic acids is 2. The molecule has 0 spiro atoms. The first-order valence-electron chi connectivity index (χ1n) is 5.79. The van der Waals surface area contributed by atoms with Crippen LogP contribution >= 0.6 is 0 Å². The summed E-state index contributed by atoms with van der Waals surface area (Å²) in [6.45, 7) is 6.57. The summed E-state index contributed by atoms with van der Waals surface area (Å²) >= 11 is 0. The van der Waals surface area contributed by atoms with Crippen LogP contribution in [-0.4, -0.2) is 42.4 Å². The van der Waals surface area contributed by atoms with Crippen molar-refractivity contribution in [1.29, 1.82) is 0 Å². The maximum absolute atomic E-state index is 12.1. The highest BCUT2D eigenvalue weighted by Crippen LogP contribution is 2.20. The van der Waals surface area contributed by atoms with E-state index in [0.717, 1.165) is 6.42 Å². The molecule has 0 bridgehead atoms. The summed E-state index contributed by atoms with van der Waals surface area (Å²) in [6.07, 6.45) is 1.28. The summed E-state index contributed by atoms with van der Waals surface area (Å²) in [5, 5.41) is 0. The van der Waals surface area contributed by atoms with Gasteiger partial charge in [-0.25, -0.2) is 0 Å². The van der Waals surface area contributed by atoms with Crippen LogP contribution in [0.2, 0.25) is 0 Å². The summed E-state index contributed by atoms with van der Waals surface area (Å²) in [5.41, 5.74) is -0.793. The number of rotatable bonds is 3. The van der Waals surface area contributed by atoms with Crippen LogP contribution in [0.25, 0.3) is 0 Å². The van der Waals surface area contributed by atoms with Gasteiger partial charge in [-0.3, -0.25) is 9.59 Å². The molecule has 4 nitrogen and oxygen atoms in total. The lowest BCUT2D eigenvalue weighted by Gasteiger charge is -2.36. The molecule has 0 aromatic carbocycles. The molecule has 16 heavy (non-hydrogen) atoms. The van der Waals surface area contributed by atoms with Gasteiger partial charge in [-0.2, -0.15) is 0 Å². The number of Topliss-reactive ketones (excluding diaryl/α,β-unsaturated/α-hetero) is 1. The Bertz CT molecular complexity index is 286. The van der Waals surface area contributed by atoms with Crippen LogP contribution in [-0.2, 0) is 14.3 Å². The van der Waals surface area contributed by atoms with Crippen molar-refractivity contribution < 1.29 is 14.3 Å². The van der Waals surface area contributed by atoms with Crippen molar-refractivity contribution in [1.82, 2.24) is 4.90 Å². The minimum atomic E-state index is -0.793. The fourth-order valence-electron chi connectivity index (χ4n) is 1.92. The van der Waals surface area contributed by atoms with Crippen molar-refractivity contribution in [3.8, 4) is 0 Å². The number of nitrogens with zero attached hydrogens (tertiary/aromatic N) is 1. The number of ether oxygens (including phenoxy) is 1. The normalized spacial score (nSPS) is 22.4. The Balaban J connectivity index is 2.69. The number of piperidine rings is 1. The Kier molecular flexibility index (Phi) is 4.08. The second-order valence-electron chi connectivity index (χ2n) is 4.79. The number of hydrogen-bond acceptors (Lipinski definition) is 3. The molecule has 0 aliphatic carbocycles. The molecule has 4 heteroatoms. The maximum Gasteiger partial charge on any atom is 0.254 e. The van der Waals surface area contributed by atoms with E-state index in [1.165, 1.54) is 7.11 Å².